The highest BCUT2D eigenvalue weighted by atomic mass is 19.1. The predicted octanol–water partition coefficient (Wildman–Crippen LogP) is 1.84. The van der Waals surface area contributed by atoms with Crippen molar-refractivity contribution in [1.29, 1.82) is 0 Å². The van der Waals surface area contributed by atoms with Crippen LogP contribution in [0, 0.1) is 5.82 Å². The van der Waals surface area contributed by atoms with Gasteiger partial charge in [0, 0.05) is 19.3 Å². The smallest absolute Gasteiger partial charge is 0.335 e. The van der Waals surface area contributed by atoms with Crippen LogP contribution in [0.3, 0.4) is 0 Å². The number of aromatic carboxylic acids is 1. The maximum absolute atomic E-state index is 13.2. The molecule has 1 aromatic heterocycles. The van der Waals surface area contributed by atoms with E-state index in [1.54, 1.807) is 24.0 Å². The molecule has 1 heterocycles. The average Bonchev–Trinajstić information content (AvgIpc) is 2.72. The Morgan fingerprint density at radius 3 is 2.89 bits per heavy atom. The van der Waals surface area contributed by atoms with Crippen LogP contribution in [-0.2, 0) is 13.7 Å². The van der Waals surface area contributed by atoms with Crippen LogP contribution in [0.5, 0.6) is 5.75 Å². The summed E-state index contributed by atoms with van der Waals surface area (Å²) in [6.45, 7) is 0.156. The Kier molecular flexibility index (Phi) is 3.27. The van der Waals surface area contributed by atoms with E-state index < -0.39 is 11.8 Å². The molecule has 0 fully saturated rings. The Hall–Kier alpha value is -2.37. The number of carboxylic acid groups (broad SMARTS) is 1. The first-order valence-electron chi connectivity index (χ1n) is 5.20. The van der Waals surface area contributed by atoms with Crippen LogP contribution in [0.25, 0.3) is 0 Å². The first-order chi connectivity index (χ1) is 8.54. The van der Waals surface area contributed by atoms with Crippen molar-refractivity contribution < 1.29 is 19.0 Å². The van der Waals surface area contributed by atoms with Crippen LogP contribution in [0.15, 0.2) is 30.5 Å². The zero-order valence-electron chi connectivity index (χ0n) is 9.63. The van der Waals surface area contributed by atoms with E-state index in [4.69, 9.17) is 9.84 Å². The van der Waals surface area contributed by atoms with Gasteiger partial charge >= 0.3 is 5.97 Å². The first kappa shape index (κ1) is 12.1. The number of halogens is 1. The molecule has 94 valence electrons. The van der Waals surface area contributed by atoms with E-state index in [0.29, 0.717) is 5.69 Å². The molecule has 0 saturated heterocycles. The van der Waals surface area contributed by atoms with Crippen molar-refractivity contribution in [2.75, 3.05) is 0 Å². The number of nitrogens with zero attached hydrogens (tertiary/aromatic N) is 2. The standard InChI is InChI=1S/C12H11FN2O3/c1-15-3-2-10(14-15)7-18-11-5-8(12(16)17)4-9(13)6-11/h2-6H,7H2,1H3,(H,16,17). The molecule has 0 aliphatic carbocycles. The molecule has 0 spiro atoms. The Morgan fingerprint density at radius 2 is 2.28 bits per heavy atom. The second-order valence-electron chi connectivity index (χ2n) is 3.75. The minimum atomic E-state index is -1.20. The van der Waals surface area contributed by atoms with E-state index in [9.17, 15) is 9.18 Å². The largest absolute Gasteiger partial charge is 0.487 e. The van der Waals surface area contributed by atoms with E-state index in [-0.39, 0.29) is 17.9 Å². The molecule has 1 aromatic carbocycles. The molecule has 0 saturated carbocycles. The Balaban J connectivity index is 2.11. The summed E-state index contributed by atoms with van der Waals surface area (Å²) >= 11 is 0. The first-order valence-corrected chi connectivity index (χ1v) is 5.20. The SMILES string of the molecule is Cn1ccc(COc2cc(F)cc(C(=O)O)c2)n1. The lowest BCUT2D eigenvalue weighted by atomic mass is 10.2. The summed E-state index contributed by atoms with van der Waals surface area (Å²) in [4.78, 5) is 10.7. The lowest BCUT2D eigenvalue weighted by Gasteiger charge is -2.05. The molecule has 6 heteroatoms. The monoisotopic (exact) mass is 250 g/mol. The van der Waals surface area contributed by atoms with Crippen molar-refractivity contribution in [3.8, 4) is 5.75 Å². The van der Waals surface area contributed by atoms with Crippen LogP contribution < -0.4 is 4.74 Å². The normalized spacial score (nSPS) is 10.3. The third-order valence-electron chi connectivity index (χ3n) is 2.27. The van der Waals surface area contributed by atoms with Crippen molar-refractivity contribution in [2.24, 2.45) is 7.05 Å². The van der Waals surface area contributed by atoms with Gasteiger partial charge in [-0.3, -0.25) is 4.68 Å². The number of aryl methyl sites for hydroxylation is 1. The van der Waals surface area contributed by atoms with Gasteiger partial charge in [0.1, 0.15) is 18.2 Å². The number of ether oxygens (including phenoxy) is 1. The topological polar surface area (TPSA) is 64.3 Å². The van der Waals surface area contributed by atoms with Crippen molar-refractivity contribution in [3.63, 3.8) is 0 Å². The average molecular weight is 250 g/mol. The number of carbonyl (C=O) groups is 1. The molecular formula is C12H11FN2O3. The molecule has 0 aliphatic rings. The second kappa shape index (κ2) is 4.87. The lowest BCUT2D eigenvalue weighted by molar-refractivity contribution is 0.0695. The molecule has 18 heavy (non-hydrogen) atoms. The molecule has 0 aliphatic heterocycles. The fraction of sp³-hybridized carbons (Fsp3) is 0.167. The van der Waals surface area contributed by atoms with Gasteiger partial charge in [0.2, 0.25) is 0 Å². The molecule has 5 nitrogen and oxygen atoms in total. The second-order valence-corrected chi connectivity index (χ2v) is 3.75. The summed E-state index contributed by atoms with van der Waals surface area (Å²) in [5.41, 5.74) is 0.532. The minimum Gasteiger partial charge on any atom is -0.487 e. The van der Waals surface area contributed by atoms with Gasteiger partial charge < -0.3 is 9.84 Å². The Bertz CT molecular complexity index is 580. The van der Waals surface area contributed by atoms with E-state index in [2.05, 4.69) is 5.10 Å². The Labute approximate surface area is 102 Å². The van der Waals surface area contributed by atoms with Gasteiger partial charge in [-0.25, -0.2) is 9.18 Å². The zero-order valence-corrected chi connectivity index (χ0v) is 9.63. The fourth-order valence-electron chi connectivity index (χ4n) is 1.47. The van der Waals surface area contributed by atoms with Gasteiger partial charge in [-0.15, -0.1) is 0 Å². The molecule has 0 radical (unpaired) electrons. The highest BCUT2D eigenvalue weighted by Crippen LogP contribution is 2.17. The molecule has 1 N–H and O–H groups in total. The van der Waals surface area contributed by atoms with Crippen LogP contribution in [0.2, 0.25) is 0 Å². The lowest BCUT2D eigenvalue weighted by Crippen LogP contribution is -2.01. The van der Waals surface area contributed by atoms with Crippen molar-refractivity contribution in [1.82, 2.24) is 9.78 Å². The molecular weight excluding hydrogens is 239 g/mol. The van der Waals surface area contributed by atoms with Crippen molar-refractivity contribution >= 4 is 5.97 Å². The molecule has 0 amide bonds. The van der Waals surface area contributed by atoms with Gasteiger partial charge in [-0.1, -0.05) is 0 Å². The summed E-state index contributed by atoms with van der Waals surface area (Å²) in [5.74, 6) is -1.68. The number of aromatic nitrogens is 2. The van der Waals surface area contributed by atoms with Crippen LogP contribution in [0.1, 0.15) is 16.1 Å². The maximum Gasteiger partial charge on any atom is 0.335 e. The predicted molar refractivity (Wildman–Crippen MR) is 60.9 cm³/mol. The van der Waals surface area contributed by atoms with Crippen LogP contribution in [0.4, 0.5) is 4.39 Å². The highest BCUT2D eigenvalue weighted by molar-refractivity contribution is 5.88. The molecule has 0 atom stereocenters. The minimum absolute atomic E-state index is 0.147. The van der Waals surface area contributed by atoms with Gasteiger partial charge in [-0.05, 0) is 18.2 Å². The molecule has 0 bridgehead atoms. The third-order valence-corrected chi connectivity index (χ3v) is 2.27. The number of hydrogen-bond acceptors (Lipinski definition) is 3. The van der Waals surface area contributed by atoms with Gasteiger partial charge in [0.05, 0.1) is 11.3 Å². The maximum atomic E-state index is 13.2. The number of hydrogen-bond donors (Lipinski definition) is 1. The summed E-state index contributed by atoms with van der Waals surface area (Å²) in [7, 11) is 1.77. The van der Waals surface area contributed by atoms with Gasteiger partial charge in [0.25, 0.3) is 0 Å². The third kappa shape index (κ3) is 2.85. The van der Waals surface area contributed by atoms with Crippen LogP contribution in [-0.4, -0.2) is 20.9 Å². The fourth-order valence-corrected chi connectivity index (χ4v) is 1.47. The molecule has 0 unspecified atom stereocenters. The van der Waals surface area contributed by atoms with E-state index in [0.717, 1.165) is 12.1 Å². The summed E-state index contributed by atoms with van der Waals surface area (Å²) in [6, 6.07) is 5.11. The van der Waals surface area contributed by atoms with Crippen molar-refractivity contribution in [3.05, 3.63) is 47.5 Å². The number of benzene rings is 1. The number of carboxylic acids is 1. The molecule has 2 aromatic rings. The highest BCUT2D eigenvalue weighted by Gasteiger charge is 2.08. The van der Waals surface area contributed by atoms with Gasteiger partial charge in [-0.2, -0.15) is 5.10 Å². The van der Waals surface area contributed by atoms with E-state index in [1.165, 1.54) is 6.07 Å². The summed E-state index contributed by atoms with van der Waals surface area (Å²) in [6.07, 6.45) is 1.76. The van der Waals surface area contributed by atoms with E-state index in [1.807, 2.05) is 0 Å². The van der Waals surface area contributed by atoms with Crippen molar-refractivity contribution in [2.45, 2.75) is 6.61 Å². The van der Waals surface area contributed by atoms with E-state index >= 15 is 0 Å². The number of rotatable bonds is 4. The van der Waals surface area contributed by atoms with Crippen LogP contribution >= 0.6 is 0 Å². The van der Waals surface area contributed by atoms with Gasteiger partial charge in [0.15, 0.2) is 0 Å². The zero-order chi connectivity index (χ0) is 13.1. The molecule has 2 rings (SSSR count). The Morgan fingerprint density at radius 1 is 1.50 bits per heavy atom. The summed E-state index contributed by atoms with van der Waals surface area (Å²) < 4.78 is 20.1. The summed E-state index contributed by atoms with van der Waals surface area (Å²) in [5, 5.41) is 12.9. The quantitative estimate of drug-likeness (QED) is 0.899.